The van der Waals surface area contributed by atoms with Crippen LogP contribution in [-0.4, -0.2) is 31.1 Å². The minimum atomic E-state index is 0.537. The van der Waals surface area contributed by atoms with Crippen molar-refractivity contribution in [2.24, 2.45) is 0 Å². The normalized spacial score (nSPS) is 10.3. The first kappa shape index (κ1) is 13.1. The molecule has 0 atom stereocenters. The Bertz CT molecular complexity index is 541. The van der Waals surface area contributed by atoms with Crippen LogP contribution in [0.3, 0.4) is 0 Å². The number of nitrogen functional groups attached to an aromatic ring is 1. The minimum absolute atomic E-state index is 0.537. The van der Waals surface area contributed by atoms with Gasteiger partial charge in [0.15, 0.2) is 11.5 Å². The molecule has 6 nitrogen and oxygen atoms in total. The maximum absolute atomic E-state index is 5.80. The second-order valence-corrected chi connectivity index (χ2v) is 3.95. The van der Waals surface area contributed by atoms with Gasteiger partial charge >= 0.3 is 0 Å². The first-order valence-electron chi connectivity index (χ1n) is 5.75. The zero-order valence-electron chi connectivity index (χ0n) is 11.2. The number of hydrogen-bond donors (Lipinski definition) is 1. The van der Waals surface area contributed by atoms with Gasteiger partial charge in [-0.2, -0.15) is 5.10 Å². The molecule has 1 aromatic carbocycles. The Morgan fingerprint density at radius 1 is 1.11 bits per heavy atom. The highest BCUT2D eigenvalue weighted by molar-refractivity contribution is 5.54. The molecule has 6 heteroatoms. The number of nitrogens with zero attached hydrogens (tertiary/aromatic N) is 2. The fourth-order valence-electron chi connectivity index (χ4n) is 1.87. The fraction of sp³-hybridized carbons (Fsp3) is 0.308. The molecule has 0 unspecified atom stereocenters. The van der Waals surface area contributed by atoms with Gasteiger partial charge in [-0.3, -0.25) is 0 Å². The lowest BCUT2D eigenvalue weighted by molar-refractivity contribution is 0.323. The molecule has 0 bridgehead atoms. The molecule has 0 saturated heterocycles. The molecule has 0 aliphatic heterocycles. The van der Waals surface area contributed by atoms with Gasteiger partial charge in [-0.25, -0.2) is 4.68 Å². The molecule has 0 saturated carbocycles. The van der Waals surface area contributed by atoms with E-state index in [1.54, 1.807) is 38.3 Å². The molecule has 0 aliphatic carbocycles. The third-order valence-electron chi connectivity index (χ3n) is 2.81. The van der Waals surface area contributed by atoms with Crippen LogP contribution in [0.4, 0.5) is 5.82 Å². The average Bonchev–Trinajstić information content (AvgIpc) is 2.83. The minimum Gasteiger partial charge on any atom is -0.493 e. The number of nitrogens with two attached hydrogens (primary N) is 1. The zero-order valence-corrected chi connectivity index (χ0v) is 11.2. The van der Waals surface area contributed by atoms with Crippen LogP contribution >= 0.6 is 0 Å². The van der Waals surface area contributed by atoms with Crippen LogP contribution in [0.5, 0.6) is 17.2 Å². The molecule has 2 N–H and O–H groups in total. The monoisotopic (exact) mass is 263 g/mol. The van der Waals surface area contributed by atoms with Gasteiger partial charge in [-0.15, -0.1) is 0 Å². The van der Waals surface area contributed by atoms with Crippen molar-refractivity contribution in [1.82, 2.24) is 9.78 Å². The second-order valence-electron chi connectivity index (χ2n) is 3.95. The van der Waals surface area contributed by atoms with Crippen molar-refractivity contribution in [3.05, 3.63) is 30.0 Å². The van der Waals surface area contributed by atoms with E-state index < -0.39 is 0 Å². The molecule has 0 radical (unpaired) electrons. The van der Waals surface area contributed by atoms with E-state index in [4.69, 9.17) is 19.9 Å². The number of anilines is 1. The van der Waals surface area contributed by atoms with Gasteiger partial charge < -0.3 is 19.9 Å². The molecular formula is C13H17N3O3. The van der Waals surface area contributed by atoms with Crippen molar-refractivity contribution in [2.75, 3.05) is 27.1 Å². The van der Waals surface area contributed by atoms with Gasteiger partial charge in [0, 0.05) is 0 Å². The van der Waals surface area contributed by atoms with Crippen LogP contribution in [-0.2, 0) is 6.54 Å². The highest BCUT2D eigenvalue weighted by atomic mass is 16.5. The molecule has 0 fully saturated rings. The van der Waals surface area contributed by atoms with Crippen LogP contribution in [0.2, 0.25) is 0 Å². The lowest BCUT2D eigenvalue weighted by atomic mass is 10.2. The number of hydrogen-bond acceptors (Lipinski definition) is 5. The van der Waals surface area contributed by atoms with Crippen LogP contribution in [0, 0.1) is 0 Å². The van der Waals surface area contributed by atoms with Gasteiger partial charge in [-0.05, 0) is 23.8 Å². The molecule has 0 aliphatic rings. The van der Waals surface area contributed by atoms with E-state index in [-0.39, 0.29) is 0 Å². The lowest BCUT2D eigenvalue weighted by Gasteiger charge is -2.14. The summed E-state index contributed by atoms with van der Waals surface area (Å²) in [5, 5.41) is 4.14. The van der Waals surface area contributed by atoms with Crippen molar-refractivity contribution in [3.8, 4) is 17.2 Å². The molecule has 102 valence electrons. The summed E-state index contributed by atoms with van der Waals surface area (Å²) in [6.45, 7) is 0.537. The first-order valence-corrected chi connectivity index (χ1v) is 5.75. The maximum atomic E-state index is 5.80. The number of rotatable bonds is 5. The SMILES string of the molecule is COc1cc(Cn2nccc2N)cc(OC)c1OC. The van der Waals surface area contributed by atoms with Crippen molar-refractivity contribution in [1.29, 1.82) is 0 Å². The van der Waals surface area contributed by atoms with Gasteiger partial charge in [0.25, 0.3) is 0 Å². The van der Waals surface area contributed by atoms with E-state index in [1.807, 2.05) is 12.1 Å². The second kappa shape index (κ2) is 5.51. The summed E-state index contributed by atoms with van der Waals surface area (Å²) in [6, 6.07) is 5.50. The quantitative estimate of drug-likeness (QED) is 0.886. The van der Waals surface area contributed by atoms with Crippen LogP contribution in [0.1, 0.15) is 5.56 Å². The average molecular weight is 263 g/mol. The Balaban J connectivity index is 2.39. The molecule has 0 spiro atoms. The van der Waals surface area contributed by atoms with E-state index in [2.05, 4.69) is 5.10 Å². The highest BCUT2D eigenvalue weighted by Crippen LogP contribution is 2.38. The van der Waals surface area contributed by atoms with Crippen molar-refractivity contribution in [3.63, 3.8) is 0 Å². The number of aromatic nitrogens is 2. The predicted octanol–water partition coefficient (Wildman–Crippen LogP) is 1.54. The Hall–Kier alpha value is -2.37. The summed E-state index contributed by atoms with van der Waals surface area (Å²) in [7, 11) is 4.75. The lowest BCUT2D eigenvalue weighted by Crippen LogP contribution is -2.06. The van der Waals surface area contributed by atoms with Crippen molar-refractivity contribution >= 4 is 5.82 Å². The number of ether oxygens (including phenoxy) is 3. The Morgan fingerprint density at radius 2 is 1.74 bits per heavy atom. The number of benzene rings is 1. The highest BCUT2D eigenvalue weighted by Gasteiger charge is 2.13. The Morgan fingerprint density at radius 3 is 2.16 bits per heavy atom. The summed E-state index contributed by atoms with van der Waals surface area (Å²) >= 11 is 0. The third-order valence-corrected chi connectivity index (χ3v) is 2.81. The standard InChI is InChI=1S/C13H17N3O3/c1-17-10-6-9(7-11(18-2)13(10)19-3)8-16-12(14)4-5-15-16/h4-7H,8,14H2,1-3H3. The molecule has 1 aromatic heterocycles. The van der Waals surface area contributed by atoms with Gasteiger partial charge in [0.2, 0.25) is 5.75 Å². The summed E-state index contributed by atoms with van der Waals surface area (Å²) in [6.07, 6.45) is 1.66. The van der Waals surface area contributed by atoms with Crippen LogP contribution < -0.4 is 19.9 Å². The van der Waals surface area contributed by atoms with Crippen LogP contribution in [0.25, 0.3) is 0 Å². The van der Waals surface area contributed by atoms with Crippen molar-refractivity contribution < 1.29 is 14.2 Å². The molecule has 19 heavy (non-hydrogen) atoms. The van der Waals surface area contributed by atoms with Gasteiger partial charge in [0.1, 0.15) is 5.82 Å². The predicted molar refractivity (Wildman–Crippen MR) is 71.8 cm³/mol. The van der Waals surface area contributed by atoms with E-state index >= 15 is 0 Å². The molecule has 2 aromatic rings. The molecular weight excluding hydrogens is 246 g/mol. The van der Waals surface area contributed by atoms with E-state index in [0.717, 1.165) is 5.56 Å². The van der Waals surface area contributed by atoms with Crippen molar-refractivity contribution in [2.45, 2.75) is 6.54 Å². The largest absolute Gasteiger partial charge is 0.493 e. The third kappa shape index (κ3) is 2.57. The number of methoxy groups -OCH3 is 3. The topological polar surface area (TPSA) is 71.5 Å². The van der Waals surface area contributed by atoms with Gasteiger partial charge in [0.05, 0.1) is 34.1 Å². The first-order chi connectivity index (χ1) is 9.19. The zero-order chi connectivity index (χ0) is 13.8. The summed E-state index contributed by atoms with van der Waals surface area (Å²) in [4.78, 5) is 0. The summed E-state index contributed by atoms with van der Waals surface area (Å²) in [5.41, 5.74) is 6.76. The smallest absolute Gasteiger partial charge is 0.203 e. The Labute approximate surface area is 111 Å². The maximum Gasteiger partial charge on any atom is 0.203 e. The van der Waals surface area contributed by atoms with E-state index in [9.17, 15) is 0 Å². The molecule has 0 amide bonds. The molecule has 1 heterocycles. The van der Waals surface area contributed by atoms with E-state index in [0.29, 0.717) is 29.6 Å². The van der Waals surface area contributed by atoms with Crippen LogP contribution in [0.15, 0.2) is 24.4 Å². The Kier molecular flexibility index (Phi) is 3.79. The molecule has 2 rings (SSSR count). The summed E-state index contributed by atoms with van der Waals surface area (Å²) in [5.74, 6) is 2.40. The van der Waals surface area contributed by atoms with E-state index in [1.165, 1.54) is 0 Å². The summed E-state index contributed by atoms with van der Waals surface area (Å²) < 4.78 is 17.6. The fourth-order valence-corrected chi connectivity index (χ4v) is 1.87. The van der Waals surface area contributed by atoms with Gasteiger partial charge in [-0.1, -0.05) is 0 Å².